The second-order valence-electron chi connectivity index (χ2n) is 7.82. The van der Waals surface area contributed by atoms with Crippen molar-refractivity contribution in [2.45, 2.75) is 19.4 Å². The second-order valence-corrected chi connectivity index (χ2v) is 7.82. The van der Waals surface area contributed by atoms with Crippen molar-refractivity contribution in [3.63, 3.8) is 0 Å². The highest BCUT2D eigenvalue weighted by atomic mass is 16.5. The van der Waals surface area contributed by atoms with Crippen molar-refractivity contribution >= 4 is 23.0 Å². The summed E-state index contributed by atoms with van der Waals surface area (Å²) in [5.41, 5.74) is 3.14. The molecule has 1 aliphatic heterocycles. The monoisotopic (exact) mass is 443 g/mol. The number of carbonyl (C=O) groups is 1. The maximum Gasteiger partial charge on any atom is 0.246 e. The lowest BCUT2D eigenvalue weighted by molar-refractivity contribution is -0.125. The van der Waals surface area contributed by atoms with Crippen molar-refractivity contribution in [1.29, 1.82) is 0 Å². The van der Waals surface area contributed by atoms with Gasteiger partial charge in [0, 0.05) is 31.0 Å². The maximum atomic E-state index is 11.9. The summed E-state index contributed by atoms with van der Waals surface area (Å²) in [5.74, 6) is 1.27. The molecule has 1 N–H and O–H groups in total. The molecule has 1 amide bonds. The number of likely N-dealkylation sites (tertiary alicyclic amines) is 1. The molecule has 0 bridgehead atoms. The number of aryl methyl sites for hydroxylation is 1. The van der Waals surface area contributed by atoms with Crippen molar-refractivity contribution in [3.8, 4) is 11.5 Å². The fourth-order valence-corrected chi connectivity index (χ4v) is 3.80. The third kappa shape index (κ3) is 5.17. The third-order valence-electron chi connectivity index (χ3n) is 5.50. The van der Waals surface area contributed by atoms with Crippen molar-refractivity contribution in [2.24, 2.45) is 5.29 Å². The fraction of sp³-hybridized carbons (Fsp3) is 0.200. The van der Waals surface area contributed by atoms with Crippen LogP contribution in [0.2, 0.25) is 0 Å². The number of aromatic nitrogens is 1. The SMILES string of the molecule is C=CC(=O)N1CCC(N(N=O)c2ccncc2Nc2cccc(Oc3ccc(C)cc3)c2)C1. The van der Waals surface area contributed by atoms with E-state index in [2.05, 4.69) is 22.2 Å². The lowest BCUT2D eigenvalue weighted by Gasteiger charge is -2.25. The number of nitrogens with zero attached hydrogens (tertiary/aromatic N) is 4. The predicted octanol–water partition coefficient (Wildman–Crippen LogP) is 5.20. The molecule has 0 aliphatic carbocycles. The quantitative estimate of drug-likeness (QED) is 0.292. The van der Waals surface area contributed by atoms with Crippen LogP contribution < -0.4 is 15.1 Å². The number of carbonyl (C=O) groups excluding carboxylic acids is 1. The Morgan fingerprint density at radius 2 is 2.06 bits per heavy atom. The van der Waals surface area contributed by atoms with Crippen LogP contribution in [0.25, 0.3) is 0 Å². The summed E-state index contributed by atoms with van der Waals surface area (Å²) in [6.07, 6.45) is 5.17. The van der Waals surface area contributed by atoms with Gasteiger partial charge in [0.15, 0.2) is 0 Å². The first-order chi connectivity index (χ1) is 16.1. The second kappa shape index (κ2) is 9.95. The predicted molar refractivity (Wildman–Crippen MR) is 129 cm³/mol. The van der Waals surface area contributed by atoms with Gasteiger partial charge in [-0.05, 0) is 49.8 Å². The lowest BCUT2D eigenvalue weighted by Crippen LogP contribution is -2.35. The molecule has 1 aromatic heterocycles. The van der Waals surface area contributed by atoms with Gasteiger partial charge in [0.1, 0.15) is 11.5 Å². The minimum absolute atomic E-state index is 0.151. The lowest BCUT2D eigenvalue weighted by atomic mass is 10.2. The Hall–Kier alpha value is -4.20. The molecule has 1 saturated heterocycles. The molecule has 33 heavy (non-hydrogen) atoms. The van der Waals surface area contributed by atoms with E-state index in [1.165, 1.54) is 11.1 Å². The molecular formula is C25H25N5O3. The summed E-state index contributed by atoms with van der Waals surface area (Å²) in [5, 5.41) is 7.99. The fourth-order valence-electron chi connectivity index (χ4n) is 3.80. The van der Waals surface area contributed by atoms with Crippen molar-refractivity contribution in [1.82, 2.24) is 9.88 Å². The first-order valence-corrected chi connectivity index (χ1v) is 10.7. The number of rotatable bonds is 8. The van der Waals surface area contributed by atoms with E-state index in [4.69, 9.17) is 4.74 Å². The summed E-state index contributed by atoms with van der Waals surface area (Å²) in [6, 6.07) is 16.9. The van der Waals surface area contributed by atoms with E-state index in [-0.39, 0.29) is 11.9 Å². The Kier molecular flexibility index (Phi) is 6.64. The first kappa shape index (κ1) is 22.0. The Balaban J connectivity index is 1.53. The third-order valence-corrected chi connectivity index (χ3v) is 5.50. The molecule has 1 unspecified atom stereocenters. The van der Waals surface area contributed by atoms with Crippen LogP contribution in [0.3, 0.4) is 0 Å². The van der Waals surface area contributed by atoms with Gasteiger partial charge < -0.3 is 15.0 Å². The van der Waals surface area contributed by atoms with Gasteiger partial charge in [-0.1, -0.05) is 30.3 Å². The number of ether oxygens (including phenoxy) is 1. The van der Waals surface area contributed by atoms with E-state index in [9.17, 15) is 9.70 Å². The molecule has 3 aromatic rings. The largest absolute Gasteiger partial charge is 0.457 e. The van der Waals surface area contributed by atoms with E-state index in [1.807, 2.05) is 55.5 Å². The Labute approximate surface area is 192 Å². The number of benzene rings is 2. The van der Waals surface area contributed by atoms with Crippen LogP contribution in [0, 0.1) is 11.8 Å². The highest BCUT2D eigenvalue weighted by molar-refractivity contribution is 5.87. The Bertz CT molecular complexity index is 1150. The average molecular weight is 444 g/mol. The number of pyridine rings is 1. The first-order valence-electron chi connectivity index (χ1n) is 10.7. The van der Waals surface area contributed by atoms with Gasteiger partial charge in [0.25, 0.3) is 0 Å². The molecule has 0 radical (unpaired) electrons. The average Bonchev–Trinajstić information content (AvgIpc) is 3.32. The molecule has 0 saturated carbocycles. The molecule has 2 heterocycles. The van der Waals surface area contributed by atoms with Gasteiger partial charge in [-0.3, -0.25) is 9.78 Å². The molecule has 8 nitrogen and oxygen atoms in total. The van der Waals surface area contributed by atoms with Crippen LogP contribution in [0.1, 0.15) is 12.0 Å². The molecule has 4 rings (SSSR count). The van der Waals surface area contributed by atoms with E-state index < -0.39 is 0 Å². The van der Waals surface area contributed by atoms with Crippen molar-refractivity contribution in [2.75, 3.05) is 23.4 Å². The molecule has 0 spiro atoms. The van der Waals surface area contributed by atoms with Gasteiger partial charge in [-0.15, -0.1) is 4.91 Å². The molecule has 1 fully saturated rings. The number of anilines is 3. The standard InChI is InChI=1S/C25H25N5O3/c1-3-25(31)29-14-12-20(17-29)30(28-32)24-11-13-26-16-23(24)27-19-5-4-6-22(15-19)33-21-9-7-18(2)8-10-21/h3-11,13,15-16,20,27H,1,12,14,17H2,2H3. The number of amides is 1. The summed E-state index contributed by atoms with van der Waals surface area (Å²) in [6.45, 7) is 6.51. The van der Waals surface area contributed by atoms with E-state index in [0.29, 0.717) is 36.6 Å². The normalized spacial score (nSPS) is 15.1. The summed E-state index contributed by atoms with van der Waals surface area (Å²) < 4.78 is 5.96. The van der Waals surface area contributed by atoms with Gasteiger partial charge >= 0.3 is 0 Å². The Morgan fingerprint density at radius 1 is 1.24 bits per heavy atom. The highest BCUT2D eigenvalue weighted by Gasteiger charge is 2.31. The molecule has 168 valence electrons. The minimum Gasteiger partial charge on any atom is -0.457 e. The zero-order valence-corrected chi connectivity index (χ0v) is 18.3. The number of nitrogens with one attached hydrogen (secondary N) is 1. The number of hydrogen-bond acceptors (Lipinski definition) is 6. The van der Waals surface area contributed by atoms with Crippen LogP contribution in [0.4, 0.5) is 17.1 Å². The smallest absolute Gasteiger partial charge is 0.246 e. The highest BCUT2D eigenvalue weighted by Crippen LogP contribution is 2.33. The molecule has 1 aliphatic rings. The van der Waals surface area contributed by atoms with Crippen LogP contribution in [-0.4, -0.2) is 34.9 Å². The molecule has 8 heteroatoms. The van der Waals surface area contributed by atoms with Crippen LogP contribution in [0.15, 0.2) is 84.9 Å². The van der Waals surface area contributed by atoms with Gasteiger partial charge in [-0.25, -0.2) is 5.01 Å². The van der Waals surface area contributed by atoms with Crippen molar-refractivity contribution < 1.29 is 9.53 Å². The minimum atomic E-state index is -0.231. The molecular weight excluding hydrogens is 418 g/mol. The summed E-state index contributed by atoms with van der Waals surface area (Å²) in [4.78, 5) is 29.6. The van der Waals surface area contributed by atoms with Crippen LogP contribution in [-0.2, 0) is 4.79 Å². The van der Waals surface area contributed by atoms with Gasteiger partial charge in [0.2, 0.25) is 5.91 Å². The maximum absolute atomic E-state index is 11.9. The summed E-state index contributed by atoms with van der Waals surface area (Å²) in [7, 11) is 0. The zero-order valence-electron chi connectivity index (χ0n) is 18.3. The van der Waals surface area contributed by atoms with E-state index in [0.717, 1.165) is 17.0 Å². The van der Waals surface area contributed by atoms with Crippen molar-refractivity contribution in [3.05, 3.63) is 90.1 Å². The van der Waals surface area contributed by atoms with Gasteiger partial charge in [-0.2, -0.15) is 0 Å². The number of nitroso groups, excluding NO2 is 1. The van der Waals surface area contributed by atoms with Gasteiger partial charge in [0.05, 0.1) is 28.9 Å². The van der Waals surface area contributed by atoms with Crippen LogP contribution in [0.5, 0.6) is 11.5 Å². The zero-order chi connectivity index (χ0) is 23.2. The van der Waals surface area contributed by atoms with Crippen LogP contribution >= 0.6 is 0 Å². The topological polar surface area (TPSA) is 87.1 Å². The molecule has 2 aromatic carbocycles. The molecule has 1 atom stereocenters. The van der Waals surface area contributed by atoms with E-state index >= 15 is 0 Å². The Morgan fingerprint density at radius 3 is 2.82 bits per heavy atom. The summed E-state index contributed by atoms with van der Waals surface area (Å²) >= 11 is 0. The number of hydrogen-bond donors (Lipinski definition) is 1. The van der Waals surface area contributed by atoms with E-state index in [1.54, 1.807) is 23.4 Å².